The summed E-state index contributed by atoms with van der Waals surface area (Å²) in [5.41, 5.74) is 1.64. The van der Waals surface area contributed by atoms with E-state index >= 15 is 0 Å². The standard InChI is InChI=1S/C22H27N3O4/c1-27-19-6-4-17(5-7-19)22(26)25-11-14-29-20(16-24-9-12-28-13-10-24)21(25)18-3-2-8-23-15-18/h2-8,15,20-21H,9-14,16H2,1H3/t20-,21-/m0/s1. The van der Waals surface area contributed by atoms with Gasteiger partial charge in [0.25, 0.3) is 5.91 Å². The van der Waals surface area contributed by atoms with Gasteiger partial charge in [-0.1, -0.05) is 6.07 Å². The van der Waals surface area contributed by atoms with Gasteiger partial charge in [0, 0.05) is 44.1 Å². The van der Waals surface area contributed by atoms with E-state index in [1.807, 2.05) is 47.5 Å². The molecule has 29 heavy (non-hydrogen) atoms. The first-order chi connectivity index (χ1) is 14.3. The van der Waals surface area contributed by atoms with E-state index in [0.717, 1.165) is 44.2 Å². The summed E-state index contributed by atoms with van der Waals surface area (Å²) in [6.45, 7) is 5.06. The van der Waals surface area contributed by atoms with Gasteiger partial charge >= 0.3 is 0 Å². The highest BCUT2D eigenvalue weighted by atomic mass is 16.5. The third-order valence-corrected chi connectivity index (χ3v) is 5.52. The van der Waals surface area contributed by atoms with E-state index in [-0.39, 0.29) is 18.1 Å². The topological polar surface area (TPSA) is 64.1 Å². The first-order valence-electron chi connectivity index (χ1n) is 10.0. The average Bonchev–Trinajstić information content (AvgIpc) is 2.80. The van der Waals surface area contributed by atoms with Gasteiger partial charge in [0.05, 0.1) is 39.1 Å². The van der Waals surface area contributed by atoms with E-state index in [4.69, 9.17) is 14.2 Å². The third kappa shape index (κ3) is 4.58. The molecule has 3 heterocycles. The number of hydrogen-bond acceptors (Lipinski definition) is 6. The molecule has 0 spiro atoms. The molecular weight excluding hydrogens is 370 g/mol. The molecule has 1 aromatic heterocycles. The quantitative estimate of drug-likeness (QED) is 0.769. The molecule has 0 saturated carbocycles. The number of aromatic nitrogens is 1. The van der Waals surface area contributed by atoms with E-state index in [1.54, 1.807) is 13.3 Å². The van der Waals surface area contributed by atoms with Gasteiger partial charge in [-0.25, -0.2) is 0 Å². The smallest absolute Gasteiger partial charge is 0.254 e. The number of carbonyl (C=O) groups is 1. The second-order valence-electron chi connectivity index (χ2n) is 7.28. The maximum Gasteiger partial charge on any atom is 0.254 e. The van der Waals surface area contributed by atoms with E-state index in [9.17, 15) is 4.79 Å². The van der Waals surface area contributed by atoms with Gasteiger partial charge in [-0.15, -0.1) is 0 Å². The zero-order chi connectivity index (χ0) is 20.1. The number of pyridine rings is 1. The van der Waals surface area contributed by atoms with Crippen LogP contribution in [0.5, 0.6) is 5.75 Å². The predicted molar refractivity (Wildman–Crippen MR) is 108 cm³/mol. The minimum atomic E-state index is -0.185. The molecule has 0 N–H and O–H groups in total. The van der Waals surface area contributed by atoms with Crippen molar-refractivity contribution in [2.75, 3.05) is 53.1 Å². The van der Waals surface area contributed by atoms with Crippen molar-refractivity contribution in [2.45, 2.75) is 12.1 Å². The lowest BCUT2D eigenvalue weighted by atomic mass is 9.97. The molecule has 7 heteroatoms. The first kappa shape index (κ1) is 19.8. The van der Waals surface area contributed by atoms with Crippen molar-refractivity contribution in [2.24, 2.45) is 0 Å². The van der Waals surface area contributed by atoms with Crippen LogP contribution >= 0.6 is 0 Å². The SMILES string of the molecule is COc1ccc(C(=O)N2CCO[C@@H](CN3CCOCC3)[C@@H]2c2cccnc2)cc1. The molecule has 0 unspecified atom stereocenters. The minimum Gasteiger partial charge on any atom is -0.497 e. The monoisotopic (exact) mass is 397 g/mol. The van der Waals surface area contributed by atoms with Crippen molar-refractivity contribution in [1.82, 2.24) is 14.8 Å². The molecule has 0 bridgehead atoms. The Bertz CT molecular complexity index is 793. The van der Waals surface area contributed by atoms with Crippen LogP contribution in [0.25, 0.3) is 0 Å². The Morgan fingerprint density at radius 2 is 1.93 bits per heavy atom. The number of hydrogen-bond donors (Lipinski definition) is 0. The Kier molecular flexibility index (Phi) is 6.39. The van der Waals surface area contributed by atoms with Crippen molar-refractivity contribution in [3.63, 3.8) is 0 Å². The number of nitrogens with zero attached hydrogens (tertiary/aromatic N) is 3. The van der Waals surface area contributed by atoms with Crippen LogP contribution in [0, 0.1) is 0 Å². The molecule has 4 rings (SSSR count). The summed E-state index contributed by atoms with van der Waals surface area (Å²) in [7, 11) is 1.62. The molecule has 0 radical (unpaired) electrons. The van der Waals surface area contributed by atoms with Crippen molar-refractivity contribution < 1.29 is 19.0 Å². The Labute approximate surface area is 171 Å². The van der Waals surface area contributed by atoms with Crippen molar-refractivity contribution in [1.29, 1.82) is 0 Å². The number of rotatable bonds is 5. The summed E-state index contributed by atoms with van der Waals surface area (Å²) >= 11 is 0. The Morgan fingerprint density at radius 1 is 1.14 bits per heavy atom. The molecule has 2 aliphatic heterocycles. The molecule has 1 aromatic carbocycles. The minimum absolute atomic E-state index is 0.00298. The van der Waals surface area contributed by atoms with E-state index in [2.05, 4.69) is 9.88 Å². The van der Waals surface area contributed by atoms with Crippen LogP contribution in [-0.4, -0.2) is 79.9 Å². The molecule has 2 aliphatic rings. The summed E-state index contributed by atoms with van der Waals surface area (Å²) in [5, 5.41) is 0. The fraction of sp³-hybridized carbons (Fsp3) is 0.455. The van der Waals surface area contributed by atoms with Gasteiger partial charge in [0.2, 0.25) is 0 Å². The second-order valence-corrected chi connectivity index (χ2v) is 7.28. The summed E-state index contributed by atoms with van der Waals surface area (Å²) in [6, 6.07) is 11.0. The largest absolute Gasteiger partial charge is 0.497 e. The van der Waals surface area contributed by atoms with Crippen molar-refractivity contribution >= 4 is 5.91 Å². The van der Waals surface area contributed by atoms with E-state index in [1.165, 1.54) is 0 Å². The van der Waals surface area contributed by atoms with Crippen LogP contribution in [0.3, 0.4) is 0 Å². The number of carbonyl (C=O) groups excluding carboxylic acids is 1. The molecule has 2 aromatic rings. The highest BCUT2D eigenvalue weighted by Gasteiger charge is 2.38. The molecule has 2 fully saturated rings. The molecule has 154 valence electrons. The molecule has 2 saturated heterocycles. The number of benzene rings is 1. The lowest BCUT2D eigenvalue weighted by molar-refractivity contribution is -0.0819. The van der Waals surface area contributed by atoms with E-state index in [0.29, 0.717) is 18.7 Å². The zero-order valence-corrected chi connectivity index (χ0v) is 16.7. The van der Waals surface area contributed by atoms with E-state index < -0.39 is 0 Å². The first-order valence-corrected chi connectivity index (χ1v) is 10.0. The van der Waals surface area contributed by atoms with Gasteiger partial charge in [-0.2, -0.15) is 0 Å². The van der Waals surface area contributed by atoms with Crippen LogP contribution in [0.1, 0.15) is 22.0 Å². The lowest BCUT2D eigenvalue weighted by Gasteiger charge is -2.43. The predicted octanol–water partition coefficient (Wildman–Crippen LogP) is 2.00. The number of morpholine rings is 2. The van der Waals surface area contributed by atoms with Crippen LogP contribution in [0.2, 0.25) is 0 Å². The maximum atomic E-state index is 13.4. The van der Waals surface area contributed by atoms with Gasteiger partial charge in [-0.3, -0.25) is 14.7 Å². The average molecular weight is 397 g/mol. The van der Waals surface area contributed by atoms with Gasteiger partial charge < -0.3 is 19.1 Å². The van der Waals surface area contributed by atoms with Crippen LogP contribution < -0.4 is 4.74 Å². The zero-order valence-electron chi connectivity index (χ0n) is 16.7. The highest BCUT2D eigenvalue weighted by molar-refractivity contribution is 5.94. The summed E-state index contributed by atoms with van der Waals surface area (Å²) in [5.74, 6) is 0.731. The summed E-state index contributed by atoms with van der Waals surface area (Å²) in [4.78, 5) is 22.0. The number of ether oxygens (including phenoxy) is 3. The number of methoxy groups -OCH3 is 1. The van der Waals surface area contributed by atoms with Gasteiger partial charge in [0.1, 0.15) is 5.75 Å². The van der Waals surface area contributed by atoms with Crippen molar-refractivity contribution in [3.05, 3.63) is 59.9 Å². The normalized spacial score (nSPS) is 23.0. The van der Waals surface area contributed by atoms with Crippen molar-refractivity contribution in [3.8, 4) is 5.75 Å². The lowest BCUT2D eigenvalue weighted by Crippen LogP contribution is -2.53. The molecule has 7 nitrogen and oxygen atoms in total. The fourth-order valence-electron chi connectivity index (χ4n) is 4.00. The molecular formula is C22H27N3O4. The van der Waals surface area contributed by atoms with Crippen LogP contribution in [-0.2, 0) is 9.47 Å². The maximum absolute atomic E-state index is 13.4. The number of amides is 1. The second kappa shape index (κ2) is 9.35. The van der Waals surface area contributed by atoms with Crippen LogP contribution in [0.15, 0.2) is 48.8 Å². The molecule has 2 atom stereocenters. The highest BCUT2D eigenvalue weighted by Crippen LogP contribution is 2.31. The molecule has 1 amide bonds. The summed E-state index contributed by atoms with van der Waals surface area (Å²) < 4.78 is 16.9. The Hall–Kier alpha value is -2.48. The Morgan fingerprint density at radius 3 is 2.62 bits per heavy atom. The van der Waals surface area contributed by atoms with Crippen LogP contribution in [0.4, 0.5) is 0 Å². The van der Waals surface area contributed by atoms with Gasteiger partial charge in [0.15, 0.2) is 0 Å². The fourth-order valence-corrected chi connectivity index (χ4v) is 4.00. The summed E-state index contributed by atoms with van der Waals surface area (Å²) in [6.07, 6.45) is 3.47. The molecule has 0 aliphatic carbocycles. The third-order valence-electron chi connectivity index (χ3n) is 5.52. The van der Waals surface area contributed by atoms with Gasteiger partial charge in [-0.05, 0) is 35.9 Å². The Balaban J connectivity index is 1.60.